The molecule has 0 unspecified atom stereocenters. The molecule has 120 valence electrons. The van der Waals surface area contributed by atoms with E-state index in [2.05, 4.69) is 71.0 Å². The number of hydrogen-bond donors (Lipinski definition) is 0. The summed E-state index contributed by atoms with van der Waals surface area (Å²) < 4.78 is 5.96. The molecule has 0 saturated heterocycles. The van der Waals surface area contributed by atoms with Crippen molar-refractivity contribution in [2.75, 3.05) is 7.11 Å². The van der Waals surface area contributed by atoms with Crippen LogP contribution in [0.15, 0.2) is 41.6 Å². The van der Waals surface area contributed by atoms with Gasteiger partial charge in [0.25, 0.3) is 0 Å². The topological polar surface area (TPSA) is 9.23 Å². The van der Waals surface area contributed by atoms with Crippen LogP contribution in [-0.2, 0) is 5.41 Å². The first kappa shape index (κ1) is 17.1. The van der Waals surface area contributed by atoms with Crippen LogP contribution < -0.4 is 9.92 Å². The molecule has 0 aromatic heterocycles. The molecule has 0 fully saturated rings. The van der Waals surface area contributed by atoms with Crippen molar-refractivity contribution >= 4 is 13.3 Å². The van der Waals surface area contributed by atoms with Crippen LogP contribution in [0.3, 0.4) is 0 Å². The number of allylic oxidation sites excluding steroid dienone is 4. The van der Waals surface area contributed by atoms with Gasteiger partial charge in [-0.25, -0.2) is 0 Å². The van der Waals surface area contributed by atoms with Crippen molar-refractivity contribution in [1.82, 2.24) is 0 Å². The molecule has 2 heteroatoms. The maximum Gasteiger partial charge on any atom is 0.122 e. The second-order valence-corrected chi connectivity index (χ2v) is 12.0. The Hall–Kier alpha value is -1.28. The summed E-state index contributed by atoms with van der Waals surface area (Å²) in [5, 5.41) is 3.14. The van der Waals surface area contributed by atoms with E-state index in [1.165, 1.54) is 22.8 Å². The monoisotopic (exact) mass is 314 g/mol. The van der Waals surface area contributed by atoms with Crippen LogP contribution in [0.2, 0.25) is 12.1 Å². The van der Waals surface area contributed by atoms with E-state index in [0.717, 1.165) is 12.2 Å². The van der Waals surface area contributed by atoms with E-state index < -0.39 is 8.07 Å². The number of methoxy groups -OCH3 is 1. The van der Waals surface area contributed by atoms with Crippen LogP contribution >= 0.6 is 0 Å². The summed E-state index contributed by atoms with van der Waals surface area (Å²) in [5.41, 5.74) is 1.43. The Labute approximate surface area is 137 Å². The van der Waals surface area contributed by atoms with Crippen LogP contribution in [0.5, 0.6) is 5.75 Å². The van der Waals surface area contributed by atoms with Gasteiger partial charge in [-0.1, -0.05) is 88.3 Å². The normalized spacial score (nSPS) is 15.1. The first-order valence-corrected chi connectivity index (χ1v) is 10.9. The van der Waals surface area contributed by atoms with Gasteiger partial charge in [0, 0.05) is 0 Å². The lowest BCUT2D eigenvalue weighted by atomic mass is 9.86. The van der Waals surface area contributed by atoms with Crippen LogP contribution in [0, 0.1) is 0 Å². The largest absolute Gasteiger partial charge is 0.497 e. The van der Waals surface area contributed by atoms with Crippen LogP contribution in [0.4, 0.5) is 0 Å². The minimum Gasteiger partial charge on any atom is -0.497 e. The molecule has 1 aromatic carbocycles. The third-order valence-electron chi connectivity index (χ3n) is 5.14. The second kappa shape index (κ2) is 6.45. The van der Waals surface area contributed by atoms with Gasteiger partial charge in [0.05, 0.1) is 7.11 Å². The van der Waals surface area contributed by atoms with Gasteiger partial charge in [-0.05, 0) is 22.6 Å². The van der Waals surface area contributed by atoms with Crippen molar-refractivity contribution in [2.45, 2.75) is 58.5 Å². The molecule has 22 heavy (non-hydrogen) atoms. The summed E-state index contributed by atoms with van der Waals surface area (Å²) >= 11 is 0. The lowest BCUT2D eigenvalue weighted by Crippen LogP contribution is -2.49. The highest BCUT2D eigenvalue weighted by atomic mass is 28.3. The van der Waals surface area contributed by atoms with Crippen molar-refractivity contribution in [3.8, 4) is 5.75 Å². The summed E-state index contributed by atoms with van der Waals surface area (Å²) in [5.74, 6) is 1.14. The summed E-state index contributed by atoms with van der Waals surface area (Å²) in [6, 6.07) is 9.26. The van der Waals surface area contributed by atoms with E-state index in [-0.39, 0.29) is 5.41 Å². The lowest BCUT2D eigenvalue weighted by molar-refractivity contribution is 0.400. The zero-order chi connectivity index (χ0) is 16.4. The fourth-order valence-electron chi connectivity index (χ4n) is 3.78. The minimum absolute atomic E-state index is 0.102. The molecule has 2 rings (SSSR count). The van der Waals surface area contributed by atoms with E-state index in [1.54, 1.807) is 5.20 Å². The molecule has 0 saturated carbocycles. The van der Waals surface area contributed by atoms with E-state index in [4.69, 9.17) is 4.74 Å². The third-order valence-corrected chi connectivity index (χ3v) is 10.6. The van der Waals surface area contributed by atoms with Crippen molar-refractivity contribution in [2.24, 2.45) is 0 Å². The molecular formula is C20H30OSi. The highest BCUT2D eigenvalue weighted by Crippen LogP contribution is 2.36. The molecule has 0 radical (unpaired) electrons. The third kappa shape index (κ3) is 2.81. The van der Waals surface area contributed by atoms with Gasteiger partial charge in [0.15, 0.2) is 0 Å². The van der Waals surface area contributed by atoms with Gasteiger partial charge in [0.1, 0.15) is 13.8 Å². The molecule has 0 N–H and O–H groups in total. The number of para-hydroxylation sites is 1. The zero-order valence-corrected chi connectivity index (χ0v) is 16.0. The Bertz CT molecular complexity index is 586. The second-order valence-electron chi connectivity index (χ2n) is 7.25. The van der Waals surface area contributed by atoms with E-state index in [9.17, 15) is 0 Å². The summed E-state index contributed by atoms with van der Waals surface area (Å²) in [6.07, 6.45) is 8.00. The van der Waals surface area contributed by atoms with Crippen LogP contribution in [-0.4, -0.2) is 15.2 Å². The lowest BCUT2D eigenvalue weighted by Gasteiger charge is -2.35. The molecule has 0 atom stereocenters. The van der Waals surface area contributed by atoms with Gasteiger partial charge in [-0.3, -0.25) is 0 Å². The predicted octanol–water partition coefficient (Wildman–Crippen LogP) is 5.11. The first-order chi connectivity index (χ1) is 10.4. The quantitative estimate of drug-likeness (QED) is 0.686. The number of ether oxygens (including phenoxy) is 1. The van der Waals surface area contributed by atoms with Crippen molar-refractivity contribution in [1.29, 1.82) is 0 Å². The van der Waals surface area contributed by atoms with E-state index in [0.29, 0.717) is 0 Å². The average molecular weight is 315 g/mol. The highest BCUT2D eigenvalue weighted by Gasteiger charge is 2.39. The molecule has 0 bridgehead atoms. The molecule has 1 aliphatic carbocycles. The smallest absolute Gasteiger partial charge is 0.122 e. The highest BCUT2D eigenvalue weighted by molar-refractivity contribution is 6.98. The molecule has 0 spiro atoms. The van der Waals surface area contributed by atoms with E-state index in [1.807, 2.05) is 7.11 Å². The Morgan fingerprint density at radius 1 is 1.14 bits per heavy atom. The average Bonchev–Trinajstić information content (AvgIpc) is 3.03. The zero-order valence-electron chi connectivity index (χ0n) is 15.0. The number of hydrogen-bond acceptors (Lipinski definition) is 1. The fraction of sp³-hybridized carbons (Fsp3) is 0.500. The van der Waals surface area contributed by atoms with Crippen molar-refractivity contribution in [3.63, 3.8) is 0 Å². The number of rotatable bonds is 5. The molecule has 1 aromatic rings. The maximum absolute atomic E-state index is 5.96. The van der Waals surface area contributed by atoms with Crippen molar-refractivity contribution < 1.29 is 4.74 Å². The Morgan fingerprint density at radius 2 is 1.82 bits per heavy atom. The molecule has 0 heterocycles. The number of benzene rings is 1. The standard InChI is InChI=1S/C20H30OSi/c1-7-22(8-2,16-12-9-10-13-16)18-15-11-14-17(19(18)21-6)20(3,4)5/h9-12,14-15H,7-8,13H2,1-6H3. The van der Waals surface area contributed by atoms with Gasteiger partial charge < -0.3 is 4.74 Å². The Kier molecular flexibility index (Phi) is 5.01. The molecule has 0 aliphatic heterocycles. The maximum atomic E-state index is 5.96. The first-order valence-electron chi connectivity index (χ1n) is 8.44. The minimum atomic E-state index is -1.69. The van der Waals surface area contributed by atoms with Crippen LogP contribution in [0.25, 0.3) is 0 Å². The Morgan fingerprint density at radius 3 is 2.27 bits per heavy atom. The summed E-state index contributed by atoms with van der Waals surface area (Å²) in [4.78, 5) is 0. The van der Waals surface area contributed by atoms with Crippen LogP contribution in [0.1, 0.15) is 46.6 Å². The van der Waals surface area contributed by atoms with Gasteiger partial charge >= 0.3 is 0 Å². The van der Waals surface area contributed by atoms with Crippen molar-refractivity contribution in [3.05, 3.63) is 47.2 Å². The molecule has 1 nitrogen and oxygen atoms in total. The molecule has 0 amide bonds. The van der Waals surface area contributed by atoms with Gasteiger partial charge in [0.2, 0.25) is 0 Å². The fourth-order valence-corrected chi connectivity index (χ4v) is 8.31. The summed E-state index contributed by atoms with van der Waals surface area (Å²) in [6.45, 7) is 11.5. The van der Waals surface area contributed by atoms with Gasteiger partial charge in [-0.2, -0.15) is 0 Å². The van der Waals surface area contributed by atoms with E-state index >= 15 is 0 Å². The molecular weight excluding hydrogens is 284 g/mol. The Balaban J connectivity index is 2.68. The summed E-state index contributed by atoms with van der Waals surface area (Å²) in [7, 11) is 0.145. The predicted molar refractivity (Wildman–Crippen MR) is 99.9 cm³/mol. The van der Waals surface area contributed by atoms with Gasteiger partial charge in [-0.15, -0.1) is 0 Å². The molecule has 1 aliphatic rings. The SMILES string of the molecule is CC[Si](CC)(C1=CC=CC1)c1cccc(C(C)(C)C)c1OC.